The van der Waals surface area contributed by atoms with Crippen LogP contribution in [0.2, 0.25) is 0 Å². The minimum Gasteiger partial charge on any atom is -0.326 e. The lowest BCUT2D eigenvalue weighted by atomic mass is 9.92. The smallest absolute Gasteiger partial charge is 0.228 e. The summed E-state index contributed by atoms with van der Waals surface area (Å²) in [6.07, 6.45) is 2.39. The number of hydrogen-bond donors (Lipinski definition) is 2. The van der Waals surface area contributed by atoms with E-state index in [0.717, 1.165) is 34.1 Å². The summed E-state index contributed by atoms with van der Waals surface area (Å²) in [4.78, 5) is 16.4. The van der Waals surface area contributed by atoms with Gasteiger partial charge in [0.2, 0.25) is 5.91 Å². The zero-order chi connectivity index (χ0) is 19.7. The van der Waals surface area contributed by atoms with Gasteiger partial charge in [0.05, 0.1) is 18.2 Å². The van der Waals surface area contributed by atoms with Gasteiger partial charge in [0.25, 0.3) is 0 Å². The number of rotatable bonds is 5. The molecule has 3 aromatic rings. The molecule has 2 N–H and O–H groups in total. The fourth-order valence-corrected chi connectivity index (χ4v) is 3.72. The quantitative estimate of drug-likeness (QED) is 0.704. The molecular weight excluding hydrogens is 360 g/mol. The van der Waals surface area contributed by atoms with Crippen LogP contribution in [0.3, 0.4) is 0 Å². The predicted octanol–water partition coefficient (Wildman–Crippen LogP) is 4.02. The van der Waals surface area contributed by atoms with Crippen LogP contribution in [-0.4, -0.2) is 17.9 Å². The number of pyridine rings is 1. The highest BCUT2D eigenvalue weighted by Crippen LogP contribution is 2.36. The maximum atomic E-state index is 13.6. The molecule has 1 aromatic heterocycles. The van der Waals surface area contributed by atoms with Gasteiger partial charge in [0, 0.05) is 23.5 Å². The second-order valence-corrected chi connectivity index (χ2v) is 6.82. The lowest BCUT2D eigenvalue weighted by Crippen LogP contribution is -2.21. The van der Waals surface area contributed by atoms with Crippen molar-refractivity contribution in [3.8, 4) is 11.1 Å². The number of amides is 1. The molecule has 0 radical (unpaired) electrons. The molecule has 1 aliphatic heterocycles. The maximum Gasteiger partial charge on any atom is 0.228 e. The van der Waals surface area contributed by atoms with E-state index in [-0.39, 0.29) is 11.9 Å². The molecule has 0 aliphatic carbocycles. The van der Waals surface area contributed by atoms with Crippen molar-refractivity contribution in [3.63, 3.8) is 0 Å². The van der Waals surface area contributed by atoms with Gasteiger partial charge in [-0.1, -0.05) is 18.2 Å². The van der Waals surface area contributed by atoms with Gasteiger partial charge >= 0.3 is 0 Å². The van der Waals surface area contributed by atoms with Gasteiger partial charge < -0.3 is 10.6 Å². The molecule has 0 saturated carbocycles. The molecule has 4 rings (SSSR count). The largest absolute Gasteiger partial charge is 0.326 e. The minimum atomic E-state index is -0.600. The molecule has 1 aliphatic rings. The van der Waals surface area contributed by atoms with Gasteiger partial charge in [-0.25, -0.2) is 8.78 Å². The number of hydrogen-bond acceptors (Lipinski definition) is 3. The Balaban J connectivity index is 1.75. The maximum absolute atomic E-state index is 13.6. The Labute approximate surface area is 161 Å². The Morgan fingerprint density at radius 2 is 1.86 bits per heavy atom. The monoisotopic (exact) mass is 379 g/mol. The van der Waals surface area contributed by atoms with Crippen molar-refractivity contribution in [2.75, 3.05) is 12.4 Å². The number of benzene rings is 2. The number of anilines is 1. The van der Waals surface area contributed by atoms with Crippen molar-refractivity contribution < 1.29 is 13.6 Å². The number of fused-ring (bicyclic) bond motifs is 1. The summed E-state index contributed by atoms with van der Waals surface area (Å²) >= 11 is 0. The normalized spacial score (nSPS) is 13.9. The summed E-state index contributed by atoms with van der Waals surface area (Å²) < 4.78 is 27.2. The van der Waals surface area contributed by atoms with E-state index >= 15 is 0 Å². The highest BCUT2D eigenvalue weighted by atomic mass is 19.1. The first-order chi connectivity index (χ1) is 13.5. The Hall–Kier alpha value is -3.12. The molecule has 1 atom stereocenters. The third-order valence-corrected chi connectivity index (χ3v) is 4.96. The van der Waals surface area contributed by atoms with Crippen molar-refractivity contribution in [3.05, 3.63) is 83.2 Å². The summed E-state index contributed by atoms with van der Waals surface area (Å²) in [5.41, 5.74) is 4.89. The number of nitrogens with zero attached hydrogens (tertiary/aromatic N) is 1. The standard InChI is InChI=1S/C22H19F2N3O/c1-25-20(10-13-8-14(23)11-15(24)9-13)22-17(5-3-7-26-22)16-4-2-6-19-18(16)12-21(28)27-19/h2-9,11,20,25H,10,12H2,1H3,(H,27,28). The first kappa shape index (κ1) is 18.3. The van der Waals surface area contributed by atoms with E-state index in [1.165, 1.54) is 12.1 Å². The number of nitrogens with one attached hydrogen (secondary N) is 2. The molecule has 1 amide bonds. The van der Waals surface area contributed by atoms with Gasteiger partial charge in [0.15, 0.2) is 0 Å². The topological polar surface area (TPSA) is 54.0 Å². The number of carbonyl (C=O) groups is 1. The molecule has 0 fully saturated rings. The Morgan fingerprint density at radius 1 is 1.11 bits per heavy atom. The fourth-order valence-electron chi connectivity index (χ4n) is 3.72. The van der Waals surface area contributed by atoms with E-state index in [9.17, 15) is 13.6 Å². The Morgan fingerprint density at radius 3 is 2.61 bits per heavy atom. The van der Waals surface area contributed by atoms with Gasteiger partial charge in [0.1, 0.15) is 11.6 Å². The molecule has 28 heavy (non-hydrogen) atoms. The average molecular weight is 379 g/mol. The predicted molar refractivity (Wildman–Crippen MR) is 104 cm³/mol. The third-order valence-electron chi connectivity index (χ3n) is 4.96. The molecule has 142 valence electrons. The number of aromatic nitrogens is 1. The van der Waals surface area contributed by atoms with Crippen LogP contribution in [0.5, 0.6) is 0 Å². The van der Waals surface area contributed by atoms with Gasteiger partial charge in [-0.05, 0) is 54.4 Å². The summed E-state index contributed by atoms with van der Waals surface area (Å²) in [5.74, 6) is -1.23. The van der Waals surface area contributed by atoms with Crippen molar-refractivity contribution in [1.29, 1.82) is 0 Å². The van der Waals surface area contributed by atoms with E-state index in [1.807, 2.05) is 30.3 Å². The van der Waals surface area contributed by atoms with Crippen LogP contribution in [0.15, 0.2) is 54.7 Å². The Bertz CT molecular complexity index is 1030. The zero-order valence-electron chi connectivity index (χ0n) is 15.3. The van der Waals surface area contributed by atoms with E-state index in [0.29, 0.717) is 18.4 Å². The van der Waals surface area contributed by atoms with Gasteiger partial charge in [-0.15, -0.1) is 0 Å². The summed E-state index contributed by atoms with van der Waals surface area (Å²) in [5, 5.41) is 6.07. The zero-order valence-corrected chi connectivity index (χ0v) is 15.3. The molecule has 2 heterocycles. The summed E-state index contributed by atoms with van der Waals surface area (Å²) in [6.45, 7) is 0. The molecule has 0 saturated heterocycles. The molecule has 1 unspecified atom stereocenters. The van der Waals surface area contributed by atoms with Crippen LogP contribution in [0.1, 0.15) is 22.9 Å². The summed E-state index contributed by atoms with van der Waals surface area (Å²) in [6, 6.07) is 12.8. The summed E-state index contributed by atoms with van der Waals surface area (Å²) in [7, 11) is 1.79. The molecular formula is C22H19F2N3O. The second kappa shape index (κ2) is 7.48. The van der Waals surface area contributed by atoms with E-state index < -0.39 is 11.6 Å². The van der Waals surface area contributed by atoms with Crippen LogP contribution in [-0.2, 0) is 17.6 Å². The SMILES string of the molecule is CNC(Cc1cc(F)cc(F)c1)c1ncccc1-c1cccc2c1CC(=O)N2. The van der Waals surface area contributed by atoms with E-state index in [1.54, 1.807) is 13.2 Å². The number of likely N-dealkylation sites (N-methyl/N-ethyl adjacent to an activating group) is 1. The molecule has 2 aromatic carbocycles. The van der Waals surface area contributed by atoms with Crippen LogP contribution < -0.4 is 10.6 Å². The van der Waals surface area contributed by atoms with Crippen molar-refractivity contribution in [2.45, 2.75) is 18.9 Å². The third kappa shape index (κ3) is 3.51. The first-order valence-corrected chi connectivity index (χ1v) is 9.04. The average Bonchev–Trinajstić information content (AvgIpc) is 3.05. The second-order valence-electron chi connectivity index (χ2n) is 6.82. The van der Waals surface area contributed by atoms with Crippen LogP contribution in [0, 0.1) is 11.6 Å². The molecule has 0 spiro atoms. The van der Waals surface area contributed by atoms with Crippen molar-refractivity contribution in [1.82, 2.24) is 10.3 Å². The lowest BCUT2D eigenvalue weighted by molar-refractivity contribution is -0.115. The van der Waals surface area contributed by atoms with Crippen molar-refractivity contribution in [2.24, 2.45) is 0 Å². The van der Waals surface area contributed by atoms with Crippen molar-refractivity contribution >= 4 is 11.6 Å². The molecule has 0 bridgehead atoms. The van der Waals surface area contributed by atoms with Crippen LogP contribution >= 0.6 is 0 Å². The van der Waals surface area contributed by atoms with E-state index in [2.05, 4.69) is 15.6 Å². The van der Waals surface area contributed by atoms with E-state index in [4.69, 9.17) is 0 Å². The number of carbonyl (C=O) groups excluding carboxylic acids is 1. The highest BCUT2D eigenvalue weighted by molar-refractivity contribution is 6.01. The van der Waals surface area contributed by atoms with Crippen LogP contribution in [0.4, 0.5) is 14.5 Å². The highest BCUT2D eigenvalue weighted by Gasteiger charge is 2.24. The van der Waals surface area contributed by atoms with Gasteiger partial charge in [-0.3, -0.25) is 9.78 Å². The minimum absolute atomic E-state index is 0.0340. The van der Waals surface area contributed by atoms with Crippen LogP contribution in [0.25, 0.3) is 11.1 Å². The number of halogens is 2. The molecule has 6 heteroatoms. The fraction of sp³-hybridized carbons (Fsp3) is 0.182. The lowest BCUT2D eigenvalue weighted by Gasteiger charge is -2.20. The molecule has 4 nitrogen and oxygen atoms in total. The van der Waals surface area contributed by atoms with Gasteiger partial charge in [-0.2, -0.15) is 0 Å². The first-order valence-electron chi connectivity index (χ1n) is 9.04. The Kier molecular flexibility index (Phi) is 4.88.